The van der Waals surface area contributed by atoms with E-state index in [0.717, 1.165) is 25.0 Å². The third-order valence-corrected chi connectivity index (χ3v) is 7.07. The van der Waals surface area contributed by atoms with Crippen molar-refractivity contribution in [3.63, 3.8) is 0 Å². The average molecular weight is 556 g/mol. The lowest BCUT2D eigenvalue weighted by molar-refractivity contribution is -0.137. The van der Waals surface area contributed by atoms with Gasteiger partial charge in [0.05, 0.1) is 22.6 Å². The van der Waals surface area contributed by atoms with Crippen molar-refractivity contribution in [1.29, 1.82) is 0 Å². The van der Waals surface area contributed by atoms with Gasteiger partial charge in [-0.05, 0) is 55.3 Å². The fourth-order valence-corrected chi connectivity index (χ4v) is 4.68. The Balaban J connectivity index is 1.60. The normalized spacial score (nSPS) is 17.8. The molecule has 0 heterocycles. The van der Waals surface area contributed by atoms with Crippen LogP contribution in [-0.4, -0.2) is 51.8 Å². The minimum Gasteiger partial charge on any atom is -0.387 e. The summed E-state index contributed by atoms with van der Waals surface area (Å²) < 4.78 is 62.0. The molecule has 0 radical (unpaired) electrons. The monoisotopic (exact) mass is 555 g/mol. The topological polar surface area (TPSA) is 159 Å². The fraction of sp³-hybridized carbons (Fsp3) is 0.375. The van der Waals surface area contributed by atoms with E-state index in [1.54, 1.807) is 0 Å². The van der Waals surface area contributed by atoms with Crippen molar-refractivity contribution in [2.45, 2.75) is 48.8 Å². The SMILES string of the molecule is CNc1ccc(C(F)(F)F)cc1C(=O)NCC(=O)NC1CCCCC1NC(=O)c1ccc(S(N)(=O)=O)cc1. The summed E-state index contributed by atoms with van der Waals surface area (Å²) in [6.07, 6.45) is -1.90. The summed E-state index contributed by atoms with van der Waals surface area (Å²) in [5, 5.41) is 15.7. The second-order valence-corrected chi connectivity index (χ2v) is 10.4. The zero-order valence-corrected chi connectivity index (χ0v) is 21.2. The molecule has 0 spiro atoms. The molecule has 3 rings (SSSR count). The van der Waals surface area contributed by atoms with Gasteiger partial charge in [-0.3, -0.25) is 14.4 Å². The number of sulfonamides is 1. The maximum atomic E-state index is 13.1. The van der Waals surface area contributed by atoms with Gasteiger partial charge in [-0.1, -0.05) is 12.8 Å². The van der Waals surface area contributed by atoms with Crippen LogP contribution in [0.2, 0.25) is 0 Å². The van der Waals surface area contributed by atoms with Gasteiger partial charge in [0, 0.05) is 30.4 Å². The van der Waals surface area contributed by atoms with E-state index in [1.807, 2.05) is 0 Å². The number of rotatable bonds is 8. The zero-order valence-electron chi connectivity index (χ0n) is 20.4. The third kappa shape index (κ3) is 7.44. The highest BCUT2D eigenvalue weighted by Gasteiger charge is 2.32. The van der Waals surface area contributed by atoms with Crippen LogP contribution in [0.4, 0.5) is 18.9 Å². The van der Waals surface area contributed by atoms with E-state index in [0.29, 0.717) is 18.9 Å². The first-order valence-corrected chi connectivity index (χ1v) is 13.2. The highest BCUT2D eigenvalue weighted by molar-refractivity contribution is 7.89. The van der Waals surface area contributed by atoms with Crippen molar-refractivity contribution in [1.82, 2.24) is 16.0 Å². The number of carbonyl (C=O) groups is 3. The number of amides is 3. The molecule has 1 saturated carbocycles. The van der Waals surface area contributed by atoms with Crippen LogP contribution in [0.15, 0.2) is 47.4 Å². The lowest BCUT2D eigenvalue weighted by Crippen LogP contribution is -2.54. The average Bonchev–Trinajstić information content (AvgIpc) is 2.87. The van der Waals surface area contributed by atoms with Crippen molar-refractivity contribution in [3.8, 4) is 0 Å². The fourth-order valence-electron chi connectivity index (χ4n) is 4.16. The molecule has 14 heteroatoms. The summed E-state index contributed by atoms with van der Waals surface area (Å²) in [4.78, 5) is 37.7. The predicted molar refractivity (Wildman–Crippen MR) is 133 cm³/mol. The van der Waals surface area contributed by atoms with E-state index in [1.165, 1.54) is 31.3 Å². The Morgan fingerprint density at radius 2 is 1.55 bits per heavy atom. The lowest BCUT2D eigenvalue weighted by Gasteiger charge is -2.33. The van der Waals surface area contributed by atoms with E-state index in [2.05, 4.69) is 21.3 Å². The summed E-state index contributed by atoms with van der Waals surface area (Å²) >= 11 is 0. The van der Waals surface area contributed by atoms with Gasteiger partial charge in [0.15, 0.2) is 0 Å². The van der Waals surface area contributed by atoms with Crippen LogP contribution in [0.3, 0.4) is 0 Å². The maximum absolute atomic E-state index is 13.1. The van der Waals surface area contributed by atoms with E-state index >= 15 is 0 Å². The molecule has 2 aromatic carbocycles. The van der Waals surface area contributed by atoms with Crippen molar-refractivity contribution in [3.05, 3.63) is 59.2 Å². The number of halogens is 3. The van der Waals surface area contributed by atoms with Crippen molar-refractivity contribution in [2.24, 2.45) is 5.14 Å². The lowest BCUT2D eigenvalue weighted by atomic mass is 9.90. The van der Waals surface area contributed by atoms with Crippen LogP contribution < -0.4 is 26.4 Å². The quantitative estimate of drug-likeness (QED) is 0.335. The summed E-state index contributed by atoms with van der Waals surface area (Å²) in [5.74, 6) is -1.89. The molecular weight excluding hydrogens is 527 g/mol. The number of benzene rings is 2. The first kappa shape index (κ1) is 28.9. The van der Waals surface area contributed by atoms with E-state index < -0.39 is 58.1 Å². The molecule has 0 saturated heterocycles. The third-order valence-electron chi connectivity index (χ3n) is 6.14. The molecule has 1 aliphatic carbocycles. The molecule has 6 N–H and O–H groups in total. The number of alkyl halides is 3. The molecule has 1 fully saturated rings. The molecule has 2 atom stereocenters. The first-order valence-electron chi connectivity index (χ1n) is 11.7. The molecule has 0 bridgehead atoms. The van der Waals surface area contributed by atoms with Crippen molar-refractivity contribution >= 4 is 33.4 Å². The largest absolute Gasteiger partial charge is 0.416 e. The summed E-state index contributed by atoms with van der Waals surface area (Å²) in [5.41, 5.74) is -0.873. The van der Waals surface area contributed by atoms with Gasteiger partial charge >= 0.3 is 6.18 Å². The van der Waals surface area contributed by atoms with Gasteiger partial charge in [-0.25, -0.2) is 13.6 Å². The number of nitrogens with two attached hydrogens (primary N) is 1. The molecule has 10 nitrogen and oxygen atoms in total. The summed E-state index contributed by atoms with van der Waals surface area (Å²) in [6, 6.07) is 6.92. The van der Waals surface area contributed by atoms with Crippen LogP contribution in [0.5, 0.6) is 0 Å². The van der Waals surface area contributed by atoms with Gasteiger partial charge < -0.3 is 21.3 Å². The Hall–Kier alpha value is -3.65. The number of hydrogen-bond donors (Lipinski definition) is 5. The Morgan fingerprint density at radius 3 is 2.11 bits per heavy atom. The summed E-state index contributed by atoms with van der Waals surface area (Å²) in [6.45, 7) is -0.482. The molecule has 0 aromatic heterocycles. The standard InChI is InChI=1S/C24H28F3N5O5S/c1-29-18-11-8-15(24(25,26)27)12-17(18)23(35)30-13-21(33)31-19-4-2-3-5-20(19)32-22(34)14-6-9-16(10-7-14)38(28,36)37/h6-12,19-20,29H,2-5,13H2,1H3,(H,30,35)(H,31,33)(H,32,34)(H2,28,36,37). The van der Waals surface area contributed by atoms with Crippen LogP contribution in [0.1, 0.15) is 52.0 Å². The van der Waals surface area contributed by atoms with Gasteiger partial charge in [0.25, 0.3) is 11.8 Å². The molecule has 206 valence electrons. The Labute approximate surface area is 217 Å². The Bertz CT molecular complexity index is 1300. The number of primary sulfonamides is 1. The highest BCUT2D eigenvalue weighted by atomic mass is 32.2. The van der Waals surface area contributed by atoms with Crippen LogP contribution >= 0.6 is 0 Å². The second-order valence-electron chi connectivity index (χ2n) is 8.80. The number of carbonyl (C=O) groups excluding carboxylic acids is 3. The Morgan fingerprint density at radius 1 is 0.947 bits per heavy atom. The van der Waals surface area contributed by atoms with Crippen LogP contribution in [-0.2, 0) is 21.0 Å². The van der Waals surface area contributed by atoms with Crippen molar-refractivity contribution in [2.75, 3.05) is 18.9 Å². The molecule has 2 aromatic rings. The molecule has 1 aliphatic rings. The van der Waals surface area contributed by atoms with Gasteiger partial charge in [-0.15, -0.1) is 0 Å². The minimum atomic E-state index is -4.64. The minimum absolute atomic E-state index is 0.133. The number of anilines is 1. The first-order chi connectivity index (χ1) is 17.8. The predicted octanol–water partition coefficient (Wildman–Crippen LogP) is 1.98. The van der Waals surface area contributed by atoms with Gasteiger partial charge in [0.1, 0.15) is 0 Å². The Kier molecular flexibility index (Phi) is 8.99. The van der Waals surface area contributed by atoms with Crippen LogP contribution in [0.25, 0.3) is 0 Å². The van der Waals surface area contributed by atoms with E-state index in [9.17, 15) is 36.0 Å². The maximum Gasteiger partial charge on any atom is 0.416 e. The van der Waals surface area contributed by atoms with Crippen molar-refractivity contribution < 1.29 is 36.0 Å². The zero-order chi connectivity index (χ0) is 28.1. The summed E-state index contributed by atoms with van der Waals surface area (Å²) in [7, 11) is -2.44. The number of hydrogen-bond acceptors (Lipinski definition) is 6. The molecule has 2 unspecified atom stereocenters. The van der Waals surface area contributed by atoms with Gasteiger partial charge in [0.2, 0.25) is 15.9 Å². The van der Waals surface area contributed by atoms with Crippen LogP contribution in [0, 0.1) is 0 Å². The molecule has 3 amide bonds. The smallest absolute Gasteiger partial charge is 0.387 e. The molecule has 0 aliphatic heterocycles. The molecule has 38 heavy (non-hydrogen) atoms. The molecular formula is C24H28F3N5O5S. The van der Waals surface area contributed by atoms with Gasteiger partial charge in [-0.2, -0.15) is 13.2 Å². The number of nitrogens with one attached hydrogen (secondary N) is 4. The second kappa shape index (κ2) is 11.8. The van der Waals surface area contributed by atoms with E-state index in [4.69, 9.17) is 5.14 Å². The van der Waals surface area contributed by atoms with E-state index in [-0.39, 0.29) is 21.7 Å². The highest BCUT2D eigenvalue weighted by Crippen LogP contribution is 2.31.